The van der Waals surface area contributed by atoms with E-state index >= 15 is 0 Å². The summed E-state index contributed by atoms with van der Waals surface area (Å²) in [6, 6.07) is -0.348. The quantitative estimate of drug-likeness (QED) is 0.627. The van der Waals surface area contributed by atoms with Gasteiger partial charge >= 0.3 is 0 Å². The predicted molar refractivity (Wildman–Crippen MR) is 81.2 cm³/mol. The van der Waals surface area contributed by atoms with Gasteiger partial charge in [-0.05, 0) is 60.5 Å². The van der Waals surface area contributed by atoms with Crippen molar-refractivity contribution in [2.75, 3.05) is 54.4 Å². The number of rotatable bonds is 10. The fourth-order valence-electron chi connectivity index (χ4n) is 1.90. The van der Waals surface area contributed by atoms with Crippen LogP contribution in [-0.2, 0) is 4.79 Å². The topological polar surface area (TPSA) is 52.8 Å². The van der Waals surface area contributed by atoms with E-state index in [1.807, 2.05) is 11.8 Å². The maximum atomic E-state index is 12.2. The molecule has 0 fully saturated rings. The standard InChI is InChI=1S/C14H32N4O/c1-6-13(15)14(19)18(11-7-9-16(2)3)12-8-10-17(4)5/h13H,6-12,15H2,1-5H3/t13-/m0/s1. The third-order valence-corrected chi connectivity index (χ3v) is 3.14. The van der Waals surface area contributed by atoms with Gasteiger partial charge in [-0.2, -0.15) is 0 Å². The Bertz CT molecular complexity index is 230. The first-order chi connectivity index (χ1) is 8.88. The molecule has 0 aromatic heterocycles. The van der Waals surface area contributed by atoms with E-state index in [0.29, 0.717) is 6.42 Å². The van der Waals surface area contributed by atoms with E-state index in [-0.39, 0.29) is 11.9 Å². The highest BCUT2D eigenvalue weighted by Gasteiger charge is 2.18. The summed E-state index contributed by atoms with van der Waals surface area (Å²) >= 11 is 0. The number of carbonyl (C=O) groups excluding carboxylic acids is 1. The number of hydrogen-bond acceptors (Lipinski definition) is 4. The Morgan fingerprint density at radius 3 is 1.68 bits per heavy atom. The summed E-state index contributed by atoms with van der Waals surface area (Å²) in [5.41, 5.74) is 5.87. The minimum atomic E-state index is -0.348. The van der Waals surface area contributed by atoms with Crippen LogP contribution in [0.15, 0.2) is 0 Å². The minimum absolute atomic E-state index is 0.0972. The summed E-state index contributed by atoms with van der Waals surface area (Å²) in [6.07, 6.45) is 2.70. The number of amides is 1. The van der Waals surface area contributed by atoms with Crippen LogP contribution >= 0.6 is 0 Å². The van der Waals surface area contributed by atoms with Crippen LogP contribution in [0.1, 0.15) is 26.2 Å². The highest BCUT2D eigenvalue weighted by molar-refractivity contribution is 5.81. The molecule has 0 spiro atoms. The number of nitrogens with two attached hydrogens (primary N) is 1. The molecular formula is C14H32N4O. The van der Waals surface area contributed by atoms with Crippen LogP contribution in [0.3, 0.4) is 0 Å². The smallest absolute Gasteiger partial charge is 0.239 e. The predicted octanol–water partition coefficient (Wildman–Crippen LogP) is 0.456. The summed E-state index contributed by atoms with van der Waals surface area (Å²) in [6.45, 7) is 5.56. The summed E-state index contributed by atoms with van der Waals surface area (Å²) in [4.78, 5) is 18.4. The zero-order valence-electron chi connectivity index (χ0n) is 13.4. The van der Waals surface area contributed by atoms with Crippen LogP contribution in [0.4, 0.5) is 0 Å². The molecule has 0 aliphatic rings. The van der Waals surface area contributed by atoms with Crippen molar-refractivity contribution in [3.63, 3.8) is 0 Å². The van der Waals surface area contributed by atoms with Gasteiger partial charge in [0.2, 0.25) is 5.91 Å². The lowest BCUT2D eigenvalue weighted by Crippen LogP contribution is -2.45. The largest absolute Gasteiger partial charge is 0.341 e. The maximum absolute atomic E-state index is 12.2. The maximum Gasteiger partial charge on any atom is 0.239 e. The second kappa shape index (κ2) is 10.2. The number of nitrogens with zero attached hydrogens (tertiary/aromatic N) is 3. The van der Waals surface area contributed by atoms with E-state index in [2.05, 4.69) is 38.0 Å². The zero-order valence-corrected chi connectivity index (χ0v) is 13.4. The van der Waals surface area contributed by atoms with Gasteiger partial charge in [0.25, 0.3) is 0 Å². The molecule has 5 nitrogen and oxygen atoms in total. The molecule has 0 aromatic rings. The van der Waals surface area contributed by atoms with Crippen molar-refractivity contribution in [2.45, 2.75) is 32.2 Å². The first-order valence-electron chi connectivity index (χ1n) is 7.22. The van der Waals surface area contributed by atoms with Gasteiger partial charge in [0.15, 0.2) is 0 Å². The van der Waals surface area contributed by atoms with Gasteiger partial charge in [-0.15, -0.1) is 0 Å². The van der Waals surface area contributed by atoms with Gasteiger partial charge < -0.3 is 20.4 Å². The molecule has 1 amide bonds. The lowest BCUT2D eigenvalue weighted by atomic mass is 10.2. The summed E-state index contributed by atoms with van der Waals surface area (Å²) in [7, 11) is 8.21. The Hall–Kier alpha value is -0.650. The SMILES string of the molecule is CC[C@H](N)C(=O)N(CCCN(C)C)CCCN(C)C. The molecule has 1 atom stereocenters. The van der Waals surface area contributed by atoms with Crippen LogP contribution in [0.2, 0.25) is 0 Å². The highest BCUT2D eigenvalue weighted by Crippen LogP contribution is 2.02. The normalized spacial score (nSPS) is 13.1. The summed E-state index contributed by atoms with van der Waals surface area (Å²) in [5, 5.41) is 0. The highest BCUT2D eigenvalue weighted by atomic mass is 16.2. The number of carbonyl (C=O) groups is 1. The van der Waals surface area contributed by atoms with E-state index in [1.165, 1.54) is 0 Å². The molecule has 19 heavy (non-hydrogen) atoms. The van der Waals surface area contributed by atoms with Crippen LogP contribution in [-0.4, -0.2) is 81.0 Å². The van der Waals surface area contributed by atoms with Crippen molar-refractivity contribution in [1.29, 1.82) is 0 Å². The Morgan fingerprint density at radius 2 is 1.37 bits per heavy atom. The minimum Gasteiger partial charge on any atom is -0.341 e. The molecule has 0 aromatic carbocycles. The molecule has 0 aliphatic heterocycles. The Morgan fingerprint density at radius 1 is 0.947 bits per heavy atom. The monoisotopic (exact) mass is 272 g/mol. The fourth-order valence-corrected chi connectivity index (χ4v) is 1.90. The lowest BCUT2D eigenvalue weighted by Gasteiger charge is -2.26. The second-order valence-corrected chi connectivity index (χ2v) is 5.65. The molecule has 0 radical (unpaired) electrons. The van der Waals surface area contributed by atoms with E-state index in [0.717, 1.165) is 39.0 Å². The van der Waals surface area contributed by atoms with Crippen molar-refractivity contribution in [2.24, 2.45) is 5.73 Å². The Kier molecular flexibility index (Phi) is 9.83. The lowest BCUT2D eigenvalue weighted by molar-refractivity contribution is -0.132. The first kappa shape index (κ1) is 18.4. The van der Waals surface area contributed by atoms with Crippen molar-refractivity contribution in [1.82, 2.24) is 14.7 Å². The first-order valence-corrected chi connectivity index (χ1v) is 7.22. The Labute approximate surface area is 118 Å². The van der Waals surface area contributed by atoms with Gasteiger partial charge in [-0.25, -0.2) is 0 Å². The summed E-state index contributed by atoms with van der Waals surface area (Å²) in [5.74, 6) is 0.0972. The molecule has 0 saturated carbocycles. The van der Waals surface area contributed by atoms with E-state index in [1.54, 1.807) is 0 Å². The van der Waals surface area contributed by atoms with E-state index < -0.39 is 0 Å². The fraction of sp³-hybridized carbons (Fsp3) is 0.929. The van der Waals surface area contributed by atoms with Gasteiger partial charge in [-0.1, -0.05) is 6.92 Å². The summed E-state index contributed by atoms with van der Waals surface area (Å²) < 4.78 is 0. The third kappa shape index (κ3) is 8.97. The van der Waals surface area contributed by atoms with Crippen molar-refractivity contribution >= 4 is 5.91 Å². The van der Waals surface area contributed by atoms with Crippen LogP contribution in [0.25, 0.3) is 0 Å². The molecule has 0 saturated heterocycles. The van der Waals surface area contributed by atoms with Crippen LogP contribution in [0, 0.1) is 0 Å². The molecule has 0 unspecified atom stereocenters. The molecule has 114 valence electrons. The Balaban J connectivity index is 4.25. The van der Waals surface area contributed by atoms with Gasteiger partial charge in [0.1, 0.15) is 0 Å². The van der Waals surface area contributed by atoms with Gasteiger partial charge in [0.05, 0.1) is 6.04 Å². The molecule has 2 N–H and O–H groups in total. The third-order valence-electron chi connectivity index (χ3n) is 3.14. The molecule has 0 bridgehead atoms. The zero-order chi connectivity index (χ0) is 14.8. The van der Waals surface area contributed by atoms with E-state index in [4.69, 9.17) is 5.73 Å². The van der Waals surface area contributed by atoms with E-state index in [9.17, 15) is 4.79 Å². The average molecular weight is 272 g/mol. The van der Waals surface area contributed by atoms with Gasteiger partial charge in [0, 0.05) is 13.1 Å². The molecule has 0 rings (SSSR count). The number of hydrogen-bond donors (Lipinski definition) is 1. The van der Waals surface area contributed by atoms with Gasteiger partial charge in [-0.3, -0.25) is 4.79 Å². The molecule has 5 heteroatoms. The molecular weight excluding hydrogens is 240 g/mol. The van der Waals surface area contributed by atoms with Crippen LogP contribution < -0.4 is 5.73 Å². The average Bonchev–Trinajstić information content (AvgIpc) is 2.34. The van der Waals surface area contributed by atoms with Crippen molar-refractivity contribution in [3.8, 4) is 0 Å². The van der Waals surface area contributed by atoms with Crippen molar-refractivity contribution < 1.29 is 4.79 Å². The van der Waals surface area contributed by atoms with Crippen molar-refractivity contribution in [3.05, 3.63) is 0 Å². The molecule has 0 heterocycles. The van der Waals surface area contributed by atoms with Crippen LogP contribution in [0.5, 0.6) is 0 Å². The molecule has 0 aliphatic carbocycles. The second-order valence-electron chi connectivity index (χ2n) is 5.65.